The van der Waals surface area contributed by atoms with Gasteiger partial charge in [0.25, 0.3) is 0 Å². The van der Waals surface area contributed by atoms with Crippen LogP contribution in [0.15, 0.2) is 48.8 Å². The summed E-state index contributed by atoms with van der Waals surface area (Å²) in [4.78, 5) is 29.8. The molecule has 1 aromatic heterocycles. The van der Waals surface area contributed by atoms with Gasteiger partial charge in [-0.15, -0.1) is 0 Å². The van der Waals surface area contributed by atoms with Crippen molar-refractivity contribution in [1.29, 1.82) is 0 Å². The minimum absolute atomic E-state index is 0.127. The number of amides is 2. The molecule has 132 valence electrons. The summed E-state index contributed by atoms with van der Waals surface area (Å²) in [5.74, 6) is -0.335. The van der Waals surface area contributed by atoms with E-state index < -0.39 is 0 Å². The molecule has 0 fully saturated rings. The van der Waals surface area contributed by atoms with Crippen LogP contribution < -0.4 is 5.32 Å². The van der Waals surface area contributed by atoms with Crippen LogP contribution in [0.1, 0.15) is 18.9 Å². The van der Waals surface area contributed by atoms with Crippen molar-refractivity contribution in [2.45, 2.75) is 19.9 Å². The Balaban J connectivity index is 2.04. The largest absolute Gasteiger partial charge is 0.466 e. The Morgan fingerprint density at radius 1 is 1.24 bits per heavy atom. The van der Waals surface area contributed by atoms with E-state index >= 15 is 0 Å². The lowest BCUT2D eigenvalue weighted by molar-refractivity contribution is -0.143. The third-order valence-electron chi connectivity index (χ3n) is 3.37. The summed E-state index contributed by atoms with van der Waals surface area (Å²) >= 11 is 5.85. The maximum absolute atomic E-state index is 12.6. The Hall–Kier alpha value is -2.60. The highest BCUT2D eigenvalue weighted by Gasteiger charge is 2.16. The molecule has 0 aliphatic rings. The summed E-state index contributed by atoms with van der Waals surface area (Å²) in [7, 11) is 0. The first-order valence-corrected chi connectivity index (χ1v) is 8.32. The van der Waals surface area contributed by atoms with Crippen molar-refractivity contribution in [1.82, 2.24) is 9.88 Å². The standard InChI is InChI=1S/C18H20ClN3O3/c1-2-25-17(23)9-11-22(13-14-4-3-10-20-12-14)18(24)21-16-7-5-15(19)6-8-16/h3-8,10,12H,2,9,11,13H2,1H3,(H,21,24). The number of rotatable bonds is 7. The van der Waals surface area contributed by atoms with Crippen molar-refractivity contribution < 1.29 is 14.3 Å². The van der Waals surface area contributed by atoms with Gasteiger partial charge >= 0.3 is 12.0 Å². The predicted molar refractivity (Wildman–Crippen MR) is 96.4 cm³/mol. The molecular weight excluding hydrogens is 342 g/mol. The lowest BCUT2D eigenvalue weighted by Crippen LogP contribution is -2.36. The molecule has 0 aliphatic heterocycles. The zero-order chi connectivity index (χ0) is 18.1. The normalized spacial score (nSPS) is 10.2. The van der Waals surface area contributed by atoms with Gasteiger partial charge in [0.1, 0.15) is 0 Å². The molecular formula is C18H20ClN3O3. The molecule has 0 atom stereocenters. The minimum Gasteiger partial charge on any atom is -0.466 e. The third-order valence-corrected chi connectivity index (χ3v) is 3.62. The van der Waals surface area contributed by atoms with Gasteiger partial charge < -0.3 is 15.0 Å². The molecule has 2 aromatic rings. The van der Waals surface area contributed by atoms with E-state index in [2.05, 4.69) is 10.3 Å². The number of halogens is 1. The maximum atomic E-state index is 12.6. The van der Waals surface area contributed by atoms with E-state index in [1.165, 1.54) is 0 Å². The molecule has 0 saturated heterocycles. The number of carbonyl (C=O) groups excluding carboxylic acids is 2. The molecule has 0 spiro atoms. The predicted octanol–water partition coefficient (Wildman–Crippen LogP) is 3.72. The second-order valence-electron chi connectivity index (χ2n) is 5.27. The van der Waals surface area contributed by atoms with Crippen LogP contribution in [0, 0.1) is 0 Å². The van der Waals surface area contributed by atoms with Crippen LogP contribution >= 0.6 is 11.6 Å². The Morgan fingerprint density at radius 2 is 2.00 bits per heavy atom. The monoisotopic (exact) mass is 361 g/mol. The molecule has 1 N–H and O–H groups in total. The van der Waals surface area contributed by atoms with Crippen LogP contribution in [0.2, 0.25) is 5.02 Å². The van der Waals surface area contributed by atoms with E-state index in [9.17, 15) is 9.59 Å². The fourth-order valence-electron chi connectivity index (χ4n) is 2.16. The van der Waals surface area contributed by atoms with Crippen LogP contribution in [-0.4, -0.2) is 35.0 Å². The van der Waals surface area contributed by atoms with Gasteiger partial charge in [0.05, 0.1) is 13.0 Å². The average molecular weight is 362 g/mol. The molecule has 2 rings (SSSR count). The molecule has 25 heavy (non-hydrogen) atoms. The summed E-state index contributed by atoms with van der Waals surface area (Å²) in [6.45, 7) is 2.65. The fourth-order valence-corrected chi connectivity index (χ4v) is 2.29. The number of benzene rings is 1. The van der Waals surface area contributed by atoms with E-state index in [1.807, 2.05) is 6.07 Å². The Bertz CT molecular complexity index is 692. The van der Waals surface area contributed by atoms with Crippen molar-refractivity contribution in [3.05, 3.63) is 59.4 Å². The van der Waals surface area contributed by atoms with Gasteiger partial charge in [0.15, 0.2) is 0 Å². The zero-order valence-corrected chi connectivity index (χ0v) is 14.7. The number of hydrogen-bond donors (Lipinski definition) is 1. The molecule has 1 heterocycles. The van der Waals surface area contributed by atoms with Gasteiger partial charge in [-0.25, -0.2) is 4.79 Å². The second kappa shape index (κ2) is 9.64. The number of urea groups is 1. The Kier molecular flexibility index (Phi) is 7.22. The zero-order valence-electron chi connectivity index (χ0n) is 13.9. The fraction of sp³-hybridized carbons (Fsp3) is 0.278. The quantitative estimate of drug-likeness (QED) is 0.763. The maximum Gasteiger partial charge on any atom is 0.322 e. The van der Waals surface area contributed by atoms with Crippen molar-refractivity contribution in [2.75, 3.05) is 18.5 Å². The Morgan fingerprint density at radius 3 is 2.64 bits per heavy atom. The molecule has 0 bridgehead atoms. The lowest BCUT2D eigenvalue weighted by Gasteiger charge is -2.23. The van der Waals surface area contributed by atoms with E-state index in [1.54, 1.807) is 54.5 Å². The number of hydrogen-bond acceptors (Lipinski definition) is 4. The molecule has 0 aliphatic carbocycles. The minimum atomic E-state index is -0.335. The number of pyridine rings is 1. The van der Waals surface area contributed by atoms with E-state index in [4.69, 9.17) is 16.3 Å². The number of carbonyl (C=O) groups is 2. The van der Waals surface area contributed by atoms with Gasteiger partial charge in [0.2, 0.25) is 0 Å². The first-order chi connectivity index (χ1) is 12.1. The van der Waals surface area contributed by atoms with Crippen LogP contribution in [0.4, 0.5) is 10.5 Å². The van der Waals surface area contributed by atoms with Crippen molar-refractivity contribution >= 4 is 29.3 Å². The average Bonchev–Trinajstić information content (AvgIpc) is 2.61. The van der Waals surface area contributed by atoms with Gasteiger partial charge in [-0.3, -0.25) is 9.78 Å². The molecule has 0 saturated carbocycles. The summed E-state index contributed by atoms with van der Waals surface area (Å²) in [6, 6.07) is 10.2. The molecule has 0 unspecified atom stereocenters. The van der Waals surface area contributed by atoms with E-state index in [0.29, 0.717) is 23.9 Å². The van der Waals surface area contributed by atoms with Crippen molar-refractivity contribution in [2.24, 2.45) is 0 Å². The second-order valence-corrected chi connectivity index (χ2v) is 5.71. The third kappa shape index (κ3) is 6.43. The van der Waals surface area contributed by atoms with Gasteiger partial charge in [0, 0.05) is 36.2 Å². The molecule has 6 nitrogen and oxygen atoms in total. The van der Waals surface area contributed by atoms with Crippen LogP contribution in [0.5, 0.6) is 0 Å². The number of nitrogens with zero attached hydrogens (tertiary/aromatic N) is 2. The number of nitrogens with one attached hydrogen (secondary N) is 1. The van der Waals surface area contributed by atoms with E-state index in [-0.39, 0.29) is 25.0 Å². The topological polar surface area (TPSA) is 71.5 Å². The van der Waals surface area contributed by atoms with Gasteiger partial charge in [-0.1, -0.05) is 17.7 Å². The summed E-state index contributed by atoms with van der Waals surface area (Å²) < 4.78 is 4.93. The highest BCUT2D eigenvalue weighted by atomic mass is 35.5. The first kappa shape index (κ1) is 18.7. The Labute approximate surface area is 151 Å². The highest BCUT2D eigenvalue weighted by Crippen LogP contribution is 2.15. The molecule has 2 amide bonds. The molecule has 1 aromatic carbocycles. The smallest absolute Gasteiger partial charge is 0.322 e. The van der Waals surface area contributed by atoms with Gasteiger partial charge in [-0.05, 0) is 42.8 Å². The first-order valence-electron chi connectivity index (χ1n) is 7.94. The summed E-state index contributed by atoms with van der Waals surface area (Å²) in [6.07, 6.45) is 3.48. The lowest BCUT2D eigenvalue weighted by atomic mass is 10.2. The summed E-state index contributed by atoms with van der Waals surface area (Å²) in [5, 5.41) is 3.39. The van der Waals surface area contributed by atoms with Crippen molar-refractivity contribution in [3.8, 4) is 0 Å². The van der Waals surface area contributed by atoms with Crippen molar-refractivity contribution in [3.63, 3.8) is 0 Å². The summed E-state index contributed by atoms with van der Waals surface area (Å²) in [5.41, 5.74) is 1.50. The van der Waals surface area contributed by atoms with Crippen LogP contribution in [0.25, 0.3) is 0 Å². The number of aromatic nitrogens is 1. The van der Waals surface area contributed by atoms with Crippen LogP contribution in [0.3, 0.4) is 0 Å². The number of esters is 1. The van der Waals surface area contributed by atoms with Crippen LogP contribution in [-0.2, 0) is 16.1 Å². The van der Waals surface area contributed by atoms with E-state index in [0.717, 1.165) is 5.56 Å². The number of ether oxygens (including phenoxy) is 1. The highest BCUT2D eigenvalue weighted by molar-refractivity contribution is 6.30. The SMILES string of the molecule is CCOC(=O)CCN(Cc1cccnc1)C(=O)Nc1ccc(Cl)cc1. The number of anilines is 1. The van der Waals surface area contributed by atoms with Gasteiger partial charge in [-0.2, -0.15) is 0 Å². The molecule has 7 heteroatoms. The molecule has 0 radical (unpaired) electrons.